The number of aliphatic carboxylic acids is 1. The molecule has 1 aromatic carbocycles. The number of amides is 1. The first-order valence-corrected chi connectivity index (χ1v) is 4.92. The molecule has 86 valence electrons. The second kappa shape index (κ2) is 4.14. The van der Waals surface area contributed by atoms with E-state index in [0.29, 0.717) is 16.9 Å². The van der Waals surface area contributed by atoms with E-state index in [1.165, 1.54) is 6.07 Å². The molecule has 17 heavy (non-hydrogen) atoms. The second-order valence-electron chi connectivity index (χ2n) is 3.57. The molecule has 1 aliphatic rings. The Kier molecular flexibility index (Phi) is 2.66. The van der Waals surface area contributed by atoms with Crippen molar-refractivity contribution in [3.8, 4) is 6.07 Å². The fourth-order valence-corrected chi connectivity index (χ4v) is 1.68. The van der Waals surface area contributed by atoms with Crippen molar-refractivity contribution in [3.63, 3.8) is 0 Å². The first-order valence-electron chi connectivity index (χ1n) is 4.92. The Bertz CT molecular complexity index is 533. The number of nitrogens with one attached hydrogen (secondary N) is 1. The highest BCUT2D eigenvalue weighted by Crippen LogP contribution is 2.30. The molecule has 1 aromatic rings. The molecule has 1 amide bonds. The van der Waals surface area contributed by atoms with Gasteiger partial charge in [-0.15, -0.1) is 0 Å². The Hall–Kier alpha value is -2.55. The molecule has 6 heteroatoms. The van der Waals surface area contributed by atoms with E-state index in [9.17, 15) is 9.59 Å². The van der Waals surface area contributed by atoms with E-state index in [1.807, 2.05) is 6.07 Å². The van der Waals surface area contributed by atoms with E-state index < -0.39 is 12.5 Å². The van der Waals surface area contributed by atoms with E-state index in [0.717, 1.165) is 4.90 Å². The highest BCUT2D eigenvalue weighted by atomic mass is 16.4. The molecule has 0 fully saturated rings. The van der Waals surface area contributed by atoms with Gasteiger partial charge in [0.15, 0.2) is 0 Å². The number of rotatable bonds is 2. The molecular formula is C11H9N3O3. The van der Waals surface area contributed by atoms with Crippen LogP contribution in [0.4, 0.5) is 11.4 Å². The van der Waals surface area contributed by atoms with Gasteiger partial charge in [0, 0.05) is 0 Å². The van der Waals surface area contributed by atoms with E-state index in [-0.39, 0.29) is 12.5 Å². The third-order valence-corrected chi connectivity index (χ3v) is 2.44. The quantitative estimate of drug-likeness (QED) is 0.768. The minimum absolute atomic E-state index is 0.0617. The zero-order valence-corrected chi connectivity index (χ0v) is 8.80. The molecule has 1 heterocycles. The molecule has 2 N–H and O–H groups in total. The van der Waals surface area contributed by atoms with Gasteiger partial charge in [-0.25, -0.2) is 0 Å². The zero-order chi connectivity index (χ0) is 12.4. The average molecular weight is 231 g/mol. The van der Waals surface area contributed by atoms with Crippen LogP contribution in [0.25, 0.3) is 0 Å². The number of nitrogens with zero attached hydrogens (tertiary/aromatic N) is 2. The summed E-state index contributed by atoms with van der Waals surface area (Å²) in [5.74, 6) is -1.41. The number of hydrogen-bond donors (Lipinski definition) is 2. The fraction of sp³-hybridized carbons (Fsp3) is 0.182. The minimum Gasteiger partial charge on any atom is -0.480 e. The largest absolute Gasteiger partial charge is 0.480 e. The number of benzene rings is 1. The standard InChI is InChI=1S/C11H9N3O3/c12-4-7-1-2-8-9(3-7)14(6-11(16)17)10(15)5-13-8/h1-3,13H,5-6H2,(H,16,17). The zero-order valence-electron chi connectivity index (χ0n) is 8.80. The van der Waals surface area contributed by atoms with Gasteiger partial charge in [0.05, 0.1) is 29.6 Å². The summed E-state index contributed by atoms with van der Waals surface area (Å²) in [6.45, 7) is -0.339. The third kappa shape index (κ3) is 2.03. The monoisotopic (exact) mass is 231 g/mol. The summed E-state index contributed by atoms with van der Waals surface area (Å²) in [4.78, 5) is 23.5. The van der Waals surface area contributed by atoms with Gasteiger partial charge in [-0.3, -0.25) is 14.5 Å². The highest BCUT2D eigenvalue weighted by Gasteiger charge is 2.25. The molecule has 0 saturated carbocycles. The summed E-state index contributed by atoms with van der Waals surface area (Å²) in [6, 6.07) is 6.73. The molecule has 0 atom stereocenters. The minimum atomic E-state index is -1.09. The molecule has 1 aliphatic heterocycles. The first-order chi connectivity index (χ1) is 8.11. The van der Waals surface area contributed by atoms with E-state index in [2.05, 4.69) is 5.32 Å². The summed E-state index contributed by atoms with van der Waals surface area (Å²) < 4.78 is 0. The van der Waals surface area contributed by atoms with Gasteiger partial charge in [-0.05, 0) is 18.2 Å². The van der Waals surface area contributed by atoms with Crippen LogP contribution in [-0.4, -0.2) is 30.1 Å². The van der Waals surface area contributed by atoms with Gasteiger partial charge in [0.25, 0.3) is 0 Å². The maximum atomic E-state index is 11.6. The summed E-state index contributed by atoms with van der Waals surface area (Å²) >= 11 is 0. The van der Waals surface area contributed by atoms with Crippen molar-refractivity contribution in [3.05, 3.63) is 23.8 Å². The van der Waals surface area contributed by atoms with E-state index in [1.54, 1.807) is 12.1 Å². The topological polar surface area (TPSA) is 93.4 Å². The van der Waals surface area contributed by atoms with Crippen LogP contribution in [0.1, 0.15) is 5.56 Å². The second-order valence-corrected chi connectivity index (χ2v) is 3.57. The first kappa shape index (κ1) is 11.0. The number of carbonyl (C=O) groups excluding carboxylic acids is 1. The Labute approximate surface area is 97.1 Å². The van der Waals surface area contributed by atoms with Crippen LogP contribution in [0.15, 0.2) is 18.2 Å². The predicted molar refractivity (Wildman–Crippen MR) is 59.6 cm³/mol. The van der Waals surface area contributed by atoms with Crippen molar-refractivity contribution in [1.29, 1.82) is 5.26 Å². The van der Waals surface area contributed by atoms with E-state index >= 15 is 0 Å². The Balaban J connectivity index is 2.45. The van der Waals surface area contributed by atoms with Gasteiger partial charge in [0.1, 0.15) is 6.54 Å². The number of carbonyl (C=O) groups is 2. The Morgan fingerprint density at radius 1 is 1.59 bits per heavy atom. The van der Waals surface area contributed by atoms with Gasteiger partial charge >= 0.3 is 5.97 Å². The maximum Gasteiger partial charge on any atom is 0.323 e. The SMILES string of the molecule is N#Cc1ccc2c(c1)N(CC(=O)O)C(=O)CN2. The lowest BCUT2D eigenvalue weighted by atomic mass is 10.1. The van der Waals surface area contributed by atoms with Crippen molar-refractivity contribution >= 4 is 23.3 Å². The number of carboxylic acid groups (broad SMARTS) is 1. The van der Waals surface area contributed by atoms with Crippen LogP contribution in [0.2, 0.25) is 0 Å². The van der Waals surface area contributed by atoms with Crippen molar-refractivity contribution in [2.24, 2.45) is 0 Å². The van der Waals surface area contributed by atoms with Crippen LogP contribution < -0.4 is 10.2 Å². The lowest BCUT2D eigenvalue weighted by molar-refractivity contribution is -0.136. The summed E-state index contributed by atoms with van der Waals surface area (Å²) in [5, 5.41) is 20.4. The molecule has 2 rings (SSSR count). The molecule has 0 aromatic heterocycles. The number of nitriles is 1. The number of fused-ring (bicyclic) bond motifs is 1. The van der Waals surface area contributed by atoms with Gasteiger partial charge in [0.2, 0.25) is 5.91 Å². The van der Waals surface area contributed by atoms with Crippen molar-refractivity contribution in [1.82, 2.24) is 0 Å². The fourth-order valence-electron chi connectivity index (χ4n) is 1.68. The van der Waals surface area contributed by atoms with Crippen LogP contribution >= 0.6 is 0 Å². The molecule has 0 spiro atoms. The van der Waals surface area contributed by atoms with Gasteiger partial charge in [-0.1, -0.05) is 0 Å². The molecule has 6 nitrogen and oxygen atoms in total. The van der Waals surface area contributed by atoms with Crippen LogP contribution in [0, 0.1) is 11.3 Å². The molecule has 0 unspecified atom stereocenters. The maximum absolute atomic E-state index is 11.6. The molecular weight excluding hydrogens is 222 g/mol. The lowest BCUT2D eigenvalue weighted by Crippen LogP contribution is -2.42. The summed E-state index contributed by atoms with van der Waals surface area (Å²) in [7, 11) is 0. The van der Waals surface area contributed by atoms with Crippen molar-refractivity contribution < 1.29 is 14.7 Å². The van der Waals surface area contributed by atoms with Crippen molar-refractivity contribution in [2.45, 2.75) is 0 Å². The Morgan fingerprint density at radius 2 is 2.35 bits per heavy atom. The Morgan fingerprint density at radius 3 is 3.00 bits per heavy atom. The van der Waals surface area contributed by atoms with Crippen LogP contribution in [-0.2, 0) is 9.59 Å². The van der Waals surface area contributed by atoms with Crippen LogP contribution in [0.3, 0.4) is 0 Å². The highest BCUT2D eigenvalue weighted by molar-refractivity contribution is 6.05. The van der Waals surface area contributed by atoms with Gasteiger partial charge < -0.3 is 10.4 Å². The normalized spacial score (nSPS) is 13.6. The number of hydrogen-bond acceptors (Lipinski definition) is 4. The number of carboxylic acids is 1. The smallest absolute Gasteiger partial charge is 0.323 e. The summed E-state index contributed by atoms with van der Waals surface area (Å²) in [6.07, 6.45) is 0. The molecule has 0 saturated heterocycles. The lowest BCUT2D eigenvalue weighted by Gasteiger charge is -2.28. The molecule has 0 bridgehead atoms. The summed E-state index contributed by atoms with van der Waals surface area (Å²) in [5.41, 5.74) is 1.48. The molecule has 0 aliphatic carbocycles. The van der Waals surface area contributed by atoms with Gasteiger partial charge in [-0.2, -0.15) is 5.26 Å². The third-order valence-electron chi connectivity index (χ3n) is 2.44. The van der Waals surface area contributed by atoms with Crippen molar-refractivity contribution in [2.75, 3.05) is 23.3 Å². The average Bonchev–Trinajstić information content (AvgIpc) is 2.32. The van der Waals surface area contributed by atoms with E-state index in [4.69, 9.17) is 10.4 Å². The molecule has 0 radical (unpaired) electrons. The number of anilines is 2. The van der Waals surface area contributed by atoms with Crippen LogP contribution in [0.5, 0.6) is 0 Å². The predicted octanol–water partition coefficient (Wildman–Crippen LogP) is 0.401.